The third-order valence-electron chi connectivity index (χ3n) is 2.64. The van der Waals surface area contributed by atoms with Crippen molar-refractivity contribution in [2.45, 2.75) is 13.8 Å². The Balaban J connectivity index is 2.31. The molecule has 0 bridgehead atoms. The van der Waals surface area contributed by atoms with Crippen LogP contribution in [-0.2, 0) is 4.79 Å². The van der Waals surface area contributed by atoms with Gasteiger partial charge in [0.2, 0.25) is 0 Å². The van der Waals surface area contributed by atoms with Crippen molar-refractivity contribution in [1.82, 2.24) is 0 Å². The molecule has 0 aliphatic carbocycles. The molecule has 2 aromatic carbocycles. The number of rotatable bonds is 3. The highest BCUT2D eigenvalue weighted by Gasteiger charge is 2.10. The summed E-state index contributed by atoms with van der Waals surface area (Å²) >= 11 is 0. The normalized spacial score (nSPS) is 10.0. The molecule has 0 saturated heterocycles. The van der Waals surface area contributed by atoms with Crippen molar-refractivity contribution in [2.75, 3.05) is 0 Å². The van der Waals surface area contributed by atoms with Crippen molar-refractivity contribution in [1.29, 1.82) is 0 Å². The molecule has 2 rings (SSSR count). The lowest BCUT2D eigenvalue weighted by atomic mass is 10.0. The lowest BCUT2D eigenvalue weighted by Gasteiger charge is -2.05. The molecule has 0 aliphatic heterocycles. The van der Waals surface area contributed by atoms with E-state index in [0.29, 0.717) is 16.9 Å². The van der Waals surface area contributed by atoms with Gasteiger partial charge in [0.25, 0.3) is 0 Å². The molecule has 0 amide bonds. The number of esters is 1. The minimum absolute atomic E-state index is 0.0855. The van der Waals surface area contributed by atoms with Crippen molar-refractivity contribution < 1.29 is 14.3 Å². The molecule has 0 saturated carbocycles. The van der Waals surface area contributed by atoms with E-state index in [1.807, 2.05) is 25.1 Å². The van der Waals surface area contributed by atoms with Crippen LogP contribution in [0, 0.1) is 6.92 Å². The number of hydrogen-bond donors (Lipinski definition) is 0. The Morgan fingerprint density at radius 1 is 0.947 bits per heavy atom. The molecule has 0 unspecified atom stereocenters. The minimum atomic E-state index is -0.403. The van der Waals surface area contributed by atoms with Crippen molar-refractivity contribution in [3.63, 3.8) is 0 Å². The Morgan fingerprint density at radius 3 is 2.21 bits per heavy atom. The van der Waals surface area contributed by atoms with Crippen LogP contribution in [0.3, 0.4) is 0 Å². The van der Waals surface area contributed by atoms with E-state index < -0.39 is 5.97 Å². The van der Waals surface area contributed by atoms with Gasteiger partial charge in [-0.25, -0.2) is 0 Å². The average Bonchev–Trinajstić information content (AvgIpc) is 2.37. The molecule has 0 N–H and O–H groups in total. The van der Waals surface area contributed by atoms with E-state index in [0.717, 1.165) is 5.56 Å². The van der Waals surface area contributed by atoms with Crippen molar-refractivity contribution >= 4 is 11.8 Å². The third kappa shape index (κ3) is 3.28. The van der Waals surface area contributed by atoms with Gasteiger partial charge in [-0.05, 0) is 25.1 Å². The van der Waals surface area contributed by atoms with E-state index in [4.69, 9.17) is 4.74 Å². The van der Waals surface area contributed by atoms with Crippen LogP contribution in [0.25, 0.3) is 0 Å². The number of ketones is 1. The van der Waals surface area contributed by atoms with Gasteiger partial charge in [-0.15, -0.1) is 0 Å². The smallest absolute Gasteiger partial charge is 0.308 e. The summed E-state index contributed by atoms with van der Waals surface area (Å²) in [5.74, 6) is -0.108. The Bertz CT molecular complexity index is 629. The number of hydrogen-bond acceptors (Lipinski definition) is 3. The maximum atomic E-state index is 12.3. The quantitative estimate of drug-likeness (QED) is 0.480. The standard InChI is InChI=1S/C16H14O3/c1-11-5-3-6-13(9-11)16(18)14-7-4-8-15(10-14)19-12(2)17/h3-10H,1-2H3. The molecule has 0 aliphatic rings. The van der Waals surface area contributed by atoms with Crippen LogP contribution in [0.1, 0.15) is 28.4 Å². The summed E-state index contributed by atoms with van der Waals surface area (Å²) in [5.41, 5.74) is 2.16. The maximum Gasteiger partial charge on any atom is 0.308 e. The number of aryl methyl sites for hydroxylation is 1. The highest BCUT2D eigenvalue weighted by Crippen LogP contribution is 2.17. The molecule has 0 aromatic heterocycles. The lowest BCUT2D eigenvalue weighted by molar-refractivity contribution is -0.131. The third-order valence-corrected chi connectivity index (χ3v) is 2.64. The first kappa shape index (κ1) is 13.0. The second kappa shape index (κ2) is 5.48. The zero-order valence-electron chi connectivity index (χ0n) is 10.8. The molecule has 3 nitrogen and oxygen atoms in total. The van der Waals surface area contributed by atoms with Crippen LogP contribution in [0.15, 0.2) is 48.5 Å². The van der Waals surface area contributed by atoms with Crippen LogP contribution in [0.4, 0.5) is 0 Å². The van der Waals surface area contributed by atoms with Gasteiger partial charge in [0.1, 0.15) is 5.75 Å². The number of benzene rings is 2. The Labute approximate surface area is 111 Å². The van der Waals surface area contributed by atoms with Gasteiger partial charge in [0.05, 0.1) is 0 Å². The first-order valence-electron chi connectivity index (χ1n) is 5.96. The van der Waals surface area contributed by atoms with E-state index in [2.05, 4.69) is 0 Å². The molecule has 19 heavy (non-hydrogen) atoms. The fraction of sp³-hybridized carbons (Fsp3) is 0.125. The SMILES string of the molecule is CC(=O)Oc1cccc(C(=O)c2cccc(C)c2)c1. The summed E-state index contributed by atoms with van der Waals surface area (Å²) in [5, 5.41) is 0. The average molecular weight is 254 g/mol. The largest absolute Gasteiger partial charge is 0.427 e. The van der Waals surface area contributed by atoms with Crippen molar-refractivity contribution in [3.8, 4) is 5.75 Å². The van der Waals surface area contributed by atoms with E-state index in [1.54, 1.807) is 30.3 Å². The molecule has 2 aromatic rings. The van der Waals surface area contributed by atoms with Crippen molar-refractivity contribution in [3.05, 3.63) is 65.2 Å². The maximum absolute atomic E-state index is 12.3. The zero-order chi connectivity index (χ0) is 13.8. The van der Waals surface area contributed by atoms with E-state index in [9.17, 15) is 9.59 Å². The lowest BCUT2D eigenvalue weighted by Crippen LogP contribution is -2.04. The van der Waals surface area contributed by atoms with Crippen LogP contribution in [0.2, 0.25) is 0 Å². The molecule has 96 valence electrons. The van der Waals surface area contributed by atoms with Crippen LogP contribution in [0.5, 0.6) is 5.75 Å². The van der Waals surface area contributed by atoms with E-state index in [1.165, 1.54) is 6.92 Å². The predicted molar refractivity (Wildman–Crippen MR) is 72.4 cm³/mol. The molecular weight excluding hydrogens is 240 g/mol. The zero-order valence-corrected chi connectivity index (χ0v) is 10.8. The van der Waals surface area contributed by atoms with Crippen LogP contribution >= 0.6 is 0 Å². The Morgan fingerprint density at radius 2 is 1.58 bits per heavy atom. The molecular formula is C16H14O3. The minimum Gasteiger partial charge on any atom is -0.427 e. The van der Waals surface area contributed by atoms with Crippen LogP contribution < -0.4 is 4.74 Å². The van der Waals surface area contributed by atoms with E-state index >= 15 is 0 Å². The monoisotopic (exact) mass is 254 g/mol. The molecule has 0 spiro atoms. The number of carbonyl (C=O) groups excluding carboxylic acids is 2. The fourth-order valence-corrected chi connectivity index (χ4v) is 1.82. The molecule has 3 heteroatoms. The van der Waals surface area contributed by atoms with Gasteiger partial charge in [0.15, 0.2) is 5.78 Å². The predicted octanol–water partition coefficient (Wildman–Crippen LogP) is 3.15. The highest BCUT2D eigenvalue weighted by molar-refractivity contribution is 6.09. The summed E-state index contributed by atoms with van der Waals surface area (Å²) in [6.45, 7) is 3.26. The van der Waals surface area contributed by atoms with Crippen molar-refractivity contribution in [2.24, 2.45) is 0 Å². The second-order valence-electron chi connectivity index (χ2n) is 4.32. The summed E-state index contributed by atoms with van der Waals surface area (Å²) in [6, 6.07) is 14.0. The number of carbonyl (C=O) groups is 2. The van der Waals surface area contributed by atoms with E-state index in [-0.39, 0.29) is 5.78 Å². The summed E-state index contributed by atoms with van der Waals surface area (Å²) in [6.07, 6.45) is 0. The molecule has 0 heterocycles. The van der Waals surface area contributed by atoms with Gasteiger partial charge in [-0.3, -0.25) is 9.59 Å². The summed E-state index contributed by atoms with van der Waals surface area (Å²) < 4.78 is 4.97. The Hall–Kier alpha value is -2.42. The first-order valence-corrected chi connectivity index (χ1v) is 5.96. The van der Waals surface area contributed by atoms with Gasteiger partial charge >= 0.3 is 5.97 Å². The second-order valence-corrected chi connectivity index (χ2v) is 4.32. The fourth-order valence-electron chi connectivity index (χ4n) is 1.82. The molecule has 0 fully saturated rings. The van der Waals surface area contributed by atoms with Gasteiger partial charge in [-0.2, -0.15) is 0 Å². The topological polar surface area (TPSA) is 43.4 Å². The van der Waals surface area contributed by atoms with Gasteiger partial charge in [0, 0.05) is 18.1 Å². The van der Waals surface area contributed by atoms with Gasteiger partial charge < -0.3 is 4.74 Å². The molecule has 0 atom stereocenters. The summed E-state index contributed by atoms with van der Waals surface area (Å²) in [7, 11) is 0. The Kier molecular flexibility index (Phi) is 3.76. The van der Waals surface area contributed by atoms with Gasteiger partial charge in [-0.1, -0.05) is 35.9 Å². The highest BCUT2D eigenvalue weighted by atomic mass is 16.5. The molecule has 0 radical (unpaired) electrons. The summed E-state index contributed by atoms with van der Waals surface area (Å²) in [4.78, 5) is 23.2. The van der Waals surface area contributed by atoms with Crippen LogP contribution in [-0.4, -0.2) is 11.8 Å². The number of ether oxygens (including phenoxy) is 1. The first-order chi connectivity index (χ1) is 9.06.